The molecule has 0 heterocycles. The molecule has 0 aromatic carbocycles. The molecule has 0 saturated carbocycles. The molecule has 0 bridgehead atoms. The van der Waals surface area contributed by atoms with Crippen molar-refractivity contribution in [2.45, 2.75) is 41.7 Å². The average molecular weight is 419 g/mol. The van der Waals surface area contributed by atoms with Gasteiger partial charge in [0.25, 0.3) is 0 Å². The van der Waals surface area contributed by atoms with Gasteiger partial charge in [0.1, 0.15) is 0 Å². The summed E-state index contributed by atoms with van der Waals surface area (Å²) in [7, 11) is 0. The minimum atomic E-state index is -8.73. The Kier molecular flexibility index (Phi) is 5.38. The van der Waals surface area contributed by atoms with Crippen molar-refractivity contribution in [3.63, 3.8) is 0 Å². The Bertz CT molecular complexity index is 480. The molecule has 0 aliphatic carbocycles. The lowest BCUT2D eigenvalue weighted by atomic mass is 9.83. The van der Waals surface area contributed by atoms with Crippen molar-refractivity contribution in [3.8, 4) is 0 Å². The average Bonchev–Trinajstić information content (AvgIpc) is 2.33. The van der Waals surface area contributed by atoms with E-state index < -0.39 is 48.1 Å². The van der Waals surface area contributed by atoms with E-state index in [1.807, 2.05) is 0 Å². The van der Waals surface area contributed by atoms with Gasteiger partial charge in [0.2, 0.25) is 0 Å². The Morgan fingerprint density at radius 1 is 0.400 bits per heavy atom. The monoisotopic (exact) mass is 419 g/mol. The molecule has 0 amide bonds. The first-order chi connectivity index (χ1) is 10.4. The molecule has 0 nitrogen and oxygen atoms in total. The van der Waals surface area contributed by atoms with E-state index in [1.165, 1.54) is 0 Å². The molecule has 25 heavy (non-hydrogen) atoms. The summed E-state index contributed by atoms with van der Waals surface area (Å²) in [6.45, 7) is 0. The van der Waals surface area contributed by atoms with Crippen LogP contribution in [0, 0.1) is 6.43 Å². The van der Waals surface area contributed by atoms with Gasteiger partial charge in [0.05, 0.1) is 0 Å². The van der Waals surface area contributed by atoms with Crippen LogP contribution in [0.15, 0.2) is 0 Å². The molecular formula is C8F17. The summed E-state index contributed by atoms with van der Waals surface area (Å²) in [6, 6.07) is 0. The zero-order valence-corrected chi connectivity index (χ0v) is 10.4. The van der Waals surface area contributed by atoms with Gasteiger partial charge in [-0.05, 0) is 0 Å². The third-order valence-electron chi connectivity index (χ3n) is 2.64. The molecule has 0 aliphatic heterocycles. The van der Waals surface area contributed by atoms with Crippen LogP contribution in [-0.4, -0.2) is 41.7 Å². The number of hydrogen-bond donors (Lipinski definition) is 0. The quantitative estimate of drug-likeness (QED) is 0.495. The summed E-state index contributed by atoms with van der Waals surface area (Å²) in [5.41, 5.74) is -8.73. The van der Waals surface area contributed by atoms with Gasteiger partial charge in [-0.2, -0.15) is 70.2 Å². The van der Waals surface area contributed by atoms with E-state index in [0.29, 0.717) is 0 Å². The minimum absolute atomic E-state index is 5.10. The van der Waals surface area contributed by atoms with Gasteiger partial charge < -0.3 is 0 Å². The second kappa shape index (κ2) is 5.65. The lowest BCUT2D eigenvalue weighted by molar-refractivity contribution is -0.459. The van der Waals surface area contributed by atoms with Crippen LogP contribution in [0.25, 0.3) is 0 Å². The first kappa shape index (κ1) is 23.8. The third kappa shape index (κ3) is 2.86. The number of hydrogen-bond acceptors (Lipinski definition) is 0. The van der Waals surface area contributed by atoms with Crippen LogP contribution in [0.2, 0.25) is 0 Å². The van der Waals surface area contributed by atoms with Gasteiger partial charge >= 0.3 is 48.1 Å². The minimum Gasteiger partial charge on any atom is -0.219 e. The van der Waals surface area contributed by atoms with Crippen LogP contribution in [0.5, 0.6) is 0 Å². The standard InChI is InChI=1S/C8F17/c9-1(10)2(11,12)4(14,15)5(16,17)3(13,7(20,21)22)6(18,19)8(23,24)25. The predicted octanol–water partition coefficient (Wildman–Crippen LogP) is 5.79. The van der Waals surface area contributed by atoms with E-state index in [1.54, 1.807) is 0 Å². The fourth-order valence-corrected chi connectivity index (χ4v) is 1.28. The highest BCUT2D eigenvalue weighted by Crippen LogP contribution is 2.65. The largest absolute Gasteiger partial charge is 0.457 e. The summed E-state index contributed by atoms with van der Waals surface area (Å²) in [4.78, 5) is 0. The SMILES string of the molecule is F[C](F)C(F)(F)C(F)(F)C(F)(F)C(F)(C(F)(F)F)C(F)(F)C(F)(F)F. The summed E-state index contributed by atoms with van der Waals surface area (Å²) >= 11 is 0. The van der Waals surface area contributed by atoms with Crippen molar-refractivity contribution >= 4 is 0 Å². The van der Waals surface area contributed by atoms with Crippen LogP contribution in [0.1, 0.15) is 0 Å². The predicted molar refractivity (Wildman–Crippen MR) is 41.2 cm³/mol. The van der Waals surface area contributed by atoms with Gasteiger partial charge in [0.15, 0.2) is 0 Å². The maximum atomic E-state index is 13.2. The van der Waals surface area contributed by atoms with Crippen LogP contribution >= 0.6 is 0 Å². The molecule has 0 spiro atoms. The second-order valence-electron chi connectivity index (χ2n) is 4.21. The lowest BCUT2D eigenvalue weighted by Gasteiger charge is -2.44. The Labute approximate surface area is 124 Å². The topological polar surface area (TPSA) is 0 Å². The maximum Gasteiger partial charge on any atom is 0.457 e. The Morgan fingerprint density at radius 3 is 0.920 bits per heavy atom. The molecule has 0 saturated heterocycles. The first-order valence-electron chi connectivity index (χ1n) is 4.96. The van der Waals surface area contributed by atoms with E-state index in [0.717, 1.165) is 0 Å². The number of rotatable bonds is 5. The molecular weight excluding hydrogens is 419 g/mol. The van der Waals surface area contributed by atoms with Crippen molar-refractivity contribution in [2.24, 2.45) is 0 Å². The summed E-state index contributed by atoms with van der Waals surface area (Å²) in [5, 5.41) is 0. The van der Waals surface area contributed by atoms with E-state index in [9.17, 15) is 74.6 Å². The van der Waals surface area contributed by atoms with Crippen molar-refractivity contribution in [3.05, 3.63) is 6.43 Å². The molecule has 0 aliphatic rings. The van der Waals surface area contributed by atoms with Crippen LogP contribution in [0.3, 0.4) is 0 Å². The van der Waals surface area contributed by atoms with Crippen molar-refractivity contribution in [2.75, 3.05) is 0 Å². The fourth-order valence-electron chi connectivity index (χ4n) is 1.28. The van der Waals surface area contributed by atoms with Crippen LogP contribution < -0.4 is 0 Å². The Morgan fingerprint density at radius 2 is 0.720 bits per heavy atom. The molecule has 1 atom stereocenters. The van der Waals surface area contributed by atoms with E-state index in [4.69, 9.17) is 0 Å². The zero-order valence-electron chi connectivity index (χ0n) is 10.4. The molecule has 0 aromatic heterocycles. The fraction of sp³-hybridized carbons (Fsp3) is 0.875. The Hall–Kier alpha value is -1.19. The highest BCUT2D eigenvalue weighted by atomic mass is 19.4. The molecule has 1 radical (unpaired) electrons. The number of halogens is 17. The van der Waals surface area contributed by atoms with Gasteiger partial charge in [0, 0.05) is 0 Å². The lowest BCUT2D eigenvalue weighted by Crippen LogP contribution is -2.77. The van der Waals surface area contributed by atoms with Crippen molar-refractivity contribution in [1.29, 1.82) is 0 Å². The van der Waals surface area contributed by atoms with Crippen molar-refractivity contribution in [1.82, 2.24) is 0 Å². The van der Waals surface area contributed by atoms with Crippen molar-refractivity contribution < 1.29 is 74.6 Å². The normalized spacial score (nSPS) is 18.5. The molecule has 17 heteroatoms. The summed E-state index contributed by atoms with van der Waals surface area (Å²) in [5.74, 6) is -33.2. The highest BCUT2D eigenvalue weighted by molar-refractivity contribution is 5.19. The molecule has 1 unspecified atom stereocenters. The van der Waals surface area contributed by atoms with Crippen LogP contribution in [-0.2, 0) is 0 Å². The first-order valence-corrected chi connectivity index (χ1v) is 4.96. The molecule has 151 valence electrons. The molecule has 0 fully saturated rings. The third-order valence-corrected chi connectivity index (χ3v) is 2.64. The number of alkyl halides is 15. The molecule has 0 rings (SSSR count). The zero-order chi connectivity index (χ0) is 21.1. The van der Waals surface area contributed by atoms with Gasteiger partial charge in [-0.3, -0.25) is 0 Å². The van der Waals surface area contributed by atoms with Gasteiger partial charge in [-0.25, -0.2) is 4.39 Å². The van der Waals surface area contributed by atoms with E-state index in [-0.39, 0.29) is 0 Å². The smallest absolute Gasteiger partial charge is 0.219 e. The van der Waals surface area contributed by atoms with E-state index >= 15 is 0 Å². The summed E-state index contributed by atoms with van der Waals surface area (Å²) in [6.07, 6.45) is -21.3. The molecule has 0 N–H and O–H groups in total. The second-order valence-corrected chi connectivity index (χ2v) is 4.21. The van der Waals surface area contributed by atoms with Gasteiger partial charge in [-0.1, -0.05) is 0 Å². The highest BCUT2D eigenvalue weighted by Gasteiger charge is 2.97. The molecule has 0 aromatic rings. The van der Waals surface area contributed by atoms with E-state index in [2.05, 4.69) is 0 Å². The Balaban J connectivity index is 6.92. The van der Waals surface area contributed by atoms with Gasteiger partial charge in [-0.15, -0.1) is 0 Å². The maximum absolute atomic E-state index is 13.2. The summed E-state index contributed by atoms with van der Waals surface area (Å²) < 4.78 is 210. The van der Waals surface area contributed by atoms with Crippen LogP contribution in [0.4, 0.5) is 74.6 Å².